The van der Waals surface area contributed by atoms with Gasteiger partial charge >= 0.3 is 0 Å². The van der Waals surface area contributed by atoms with E-state index in [1.807, 2.05) is 14.1 Å². The first-order valence-electron chi connectivity index (χ1n) is 11.2. The van der Waals surface area contributed by atoms with E-state index in [0.717, 1.165) is 12.8 Å². The number of morpholine rings is 1. The summed E-state index contributed by atoms with van der Waals surface area (Å²) in [5.74, 6) is 0.423. The van der Waals surface area contributed by atoms with Crippen molar-refractivity contribution in [3.8, 4) is 0 Å². The summed E-state index contributed by atoms with van der Waals surface area (Å²) in [5, 5.41) is 3.28. The molecule has 1 aromatic carbocycles. The number of amides is 1. The van der Waals surface area contributed by atoms with Crippen molar-refractivity contribution >= 4 is 21.6 Å². The van der Waals surface area contributed by atoms with Crippen LogP contribution in [0.4, 0.5) is 5.69 Å². The molecule has 4 rings (SSSR count). The van der Waals surface area contributed by atoms with Gasteiger partial charge in [-0.25, -0.2) is 8.42 Å². The Hall–Kier alpha value is -1.64. The lowest BCUT2D eigenvalue weighted by molar-refractivity contribution is 0.0728. The van der Waals surface area contributed by atoms with E-state index >= 15 is 0 Å². The van der Waals surface area contributed by atoms with Gasteiger partial charge in [0.25, 0.3) is 5.91 Å². The highest BCUT2D eigenvalue weighted by molar-refractivity contribution is 7.89. The number of carbonyl (C=O) groups excluding carboxylic acids is 1. The molecule has 1 heterocycles. The van der Waals surface area contributed by atoms with Gasteiger partial charge in [0.1, 0.15) is 4.90 Å². The molecule has 1 aliphatic heterocycles. The second-order valence-corrected chi connectivity index (χ2v) is 12.3. The van der Waals surface area contributed by atoms with Crippen LogP contribution in [0.3, 0.4) is 0 Å². The third-order valence-electron chi connectivity index (χ3n) is 7.84. The second-order valence-electron chi connectivity index (χ2n) is 10.4. The Bertz CT molecular complexity index is 964. The van der Waals surface area contributed by atoms with Gasteiger partial charge in [0, 0.05) is 38.8 Å². The Labute approximate surface area is 186 Å². The van der Waals surface area contributed by atoms with Crippen LogP contribution < -0.4 is 10.2 Å². The van der Waals surface area contributed by atoms with E-state index < -0.39 is 10.0 Å². The Kier molecular flexibility index (Phi) is 5.63. The van der Waals surface area contributed by atoms with Crippen LogP contribution in [-0.4, -0.2) is 65.1 Å². The van der Waals surface area contributed by atoms with Gasteiger partial charge < -0.3 is 15.0 Å². The molecule has 1 unspecified atom stereocenters. The molecular weight excluding hydrogens is 414 g/mol. The van der Waals surface area contributed by atoms with E-state index in [1.165, 1.54) is 16.8 Å². The number of benzene rings is 1. The summed E-state index contributed by atoms with van der Waals surface area (Å²) in [6.45, 7) is 8.17. The number of carbonyl (C=O) groups is 1. The average Bonchev–Trinajstić information content (AvgIpc) is 3.22. The molecule has 3 aliphatic rings. The molecule has 0 aromatic heterocycles. The molecule has 0 radical (unpaired) electrons. The molecule has 7 nitrogen and oxygen atoms in total. The molecule has 1 N–H and O–H groups in total. The molecule has 2 aliphatic carbocycles. The van der Waals surface area contributed by atoms with E-state index in [2.05, 4.69) is 26.1 Å². The first-order valence-corrected chi connectivity index (χ1v) is 12.6. The largest absolute Gasteiger partial charge is 0.379 e. The van der Waals surface area contributed by atoms with E-state index in [9.17, 15) is 13.2 Å². The topological polar surface area (TPSA) is 79.0 Å². The third-order valence-corrected chi connectivity index (χ3v) is 9.76. The summed E-state index contributed by atoms with van der Waals surface area (Å²) < 4.78 is 33.6. The van der Waals surface area contributed by atoms with E-state index in [0.29, 0.717) is 43.5 Å². The van der Waals surface area contributed by atoms with Crippen LogP contribution >= 0.6 is 0 Å². The quantitative estimate of drug-likeness (QED) is 0.748. The number of sulfonamides is 1. The smallest absolute Gasteiger partial charge is 0.251 e. The Morgan fingerprint density at radius 1 is 1.19 bits per heavy atom. The lowest BCUT2D eigenvalue weighted by Gasteiger charge is -2.43. The SMILES string of the molecule is CN(C)c1ccc(C(=O)NC2C(C)(C)[C@@H]3CC[C@@]2(C)C3)cc1S(=O)(=O)N1CCOCC1. The molecule has 3 atom stereocenters. The molecular formula is C23H35N3O4S. The predicted octanol–water partition coefficient (Wildman–Crippen LogP) is 2.72. The normalized spacial score (nSPS) is 30.4. The minimum absolute atomic E-state index is 0.0367. The standard InChI is InChI=1S/C23H35N3O4S/c1-22(2)17-8-9-23(3,15-17)21(22)24-20(27)16-6-7-18(25(4)5)19(14-16)31(28,29)26-10-12-30-13-11-26/h6-7,14,17,21H,8-13,15H2,1-5H3,(H,24,27)/t17-,21?,23+/m1/s1. The molecule has 0 spiro atoms. The van der Waals surface area contributed by atoms with Crippen molar-refractivity contribution in [2.75, 3.05) is 45.3 Å². The molecule has 3 fully saturated rings. The van der Waals surface area contributed by atoms with Crippen molar-refractivity contribution in [2.45, 2.75) is 51.0 Å². The van der Waals surface area contributed by atoms with Crippen molar-refractivity contribution in [1.29, 1.82) is 0 Å². The Balaban J connectivity index is 1.65. The molecule has 31 heavy (non-hydrogen) atoms. The first kappa shape index (κ1) is 22.6. The number of nitrogens with one attached hydrogen (secondary N) is 1. The lowest BCUT2D eigenvalue weighted by atomic mass is 9.68. The van der Waals surface area contributed by atoms with Gasteiger partial charge in [-0.2, -0.15) is 4.31 Å². The zero-order valence-corrected chi connectivity index (χ0v) is 20.1. The first-order chi connectivity index (χ1) is 14.5. The number of hydrogen-bond donors (Lipinski definition) is 1. The lowest BCUT2D eigenvalue weighted by Crippen LogP contribution is -2.52. The van der Waals surface area contributed by atoms with Crippen LogP contribution in [0.2, 0.25) is 0 Å². The van der Waals surface area contributed by atoms with Crippen molar-refractivity contribution in [2.24, 2.45) is 16.7 Å². The molecule has 1 saturated heterocycles. The van der Waals surface area contributed by atoms with Gasteiger partial charge in [-0.1, -0.05) is 20.8 Å². The van der Waals surface area contributed by atoms with Crippen LogP contribution in [0.15, 0.2) is 23.1 Å². The highest BCUT2D eigenvalue weighted by atomic mass is 32.2. The number of nitrogens with zero attached hydrogens (tertiary/aromatic N) is 2. The van der Waals surface area contributed by atoms with Crippen LogP contribution in [-0.2, 0) is 14.8 Å². The summed E-state index contributed by atoms with van der Waals surface area (Å²) in [5.41, 5.74) is 1.11. The monoisotopic (exact) mass is 449 g/mol. The highest BCUT2D eigenvalue weighted by Crippen LogP contribution is 2.62. The number of ether oxygens (including phenoxy) is 1. The van der Waals surface area contributed by atoms with Crippen molar-refractivity contribution in [3.63, 3.8) is 0 Å². The van der Waals surface area contributed by atoms with Crippen LogP contribution in [0.5, 0.6) is 0 Å². The fraction of sp³-hybridized carbons (Fsp3) is 0.696. The summed E-state index contributed by atoms with van der Waals surface area (Å²) in [6.07, 6.45) is 3.48. The number of anilines is 1. The summed E-state index contributed by atoms with van der Waals surface area (Å²) in [6, 6.07) is 5.08. The van der Waals surface area contributed by atoms with Gasteiger partial charge in [0.2, 0.25) is 10.0 Å². The van der Waals surface area contributed by atoms with Crippen molar-refractivity contribution in [3.05, 3.63) is 23.8 Å². The van der Waals surface area contributed by atoms with Gasteiger partial charge in [-0.15, -0.1) is 0 Å². The van der Waals surface area contributed by atoms with Gasteiger partial charge in [0.05, 0.1) is 18.9 Å². The zero-order chi connectivity index (χ0) is 22.6. The maximum absolute atomic E-state index is 13.4. The van der Waals surface area contributed by atoms with Crippen molar-refractivity contribution < 1.29 is 17.9 Å². The van der Waals surface area contributed by atoms with E-state index in [4.69, 9.17) is 4.74 Å². The van der Waals surface area contributed by atoms with Crippen LogP contribution in [0.25, 0.3) is 0 Å². The molecule has 1 aromatic rings. The predicted molar refractivity (Wildman–Crippen MR) is 121 cm³/mol. The molecule has 8 heteroatoms. The van der Waals surface area contributed by atoms with E-state index in [1.54, 1.807) is 17.0 Å². The van der Waals surface area contributed by atoms with Gasteiger partial charge in [-0.05, 0) is 54.2 Å². The van der Waals surface area contributed by atoms with Crippen LogP contribution in [0, 0.1) is 16.7 Å². The number of rotatable bonds is 5. The minimum atomic E-state index is -3.73. The maximum Gasteiger partial charge on any atom is 0.251 e. The minimum Gasteiger partial charge on any atom is -0.379 e. The van der Waals surface area contributed by atoms with Crippen molar-refractivity contribution in [1.82, 2.24) is 9.62 Å². The highest BCUT2D eigenvalue weighted by Gasteiger charge is 2.59. The molecule has 2 saturated carbocycles. The molecule has 172 valence electrons. The van der Waals surface area contributed by atoms with Gasteiger partial charge in [0.15, 0.2) is 0 Å². The number of hydrogen-bond acceptors (Lipinski definition) is 5. The van der Waals surface area contributed by atoms with Gasteiger partial charge in [-0.3, -0.25) is 4.79 Å². The van der Waals surface area contributed by atoms with Crippen LogP contribution in [0.1, 0.15) is 50.4 Å². The fourth-order valence-electron chi connectivity index (χ4n) is 6.03. The molecule has 2 bridgehead atoms. The fourth-order valence-corrected chi connectivity index (χ4v) is 7.73. The summed E-state index contributed by atoms with van der Waals surface area (Å²) in [4.78, 5) is 15.2. The third kappa shape index (κ3) is 3.76. The number of fused-ring (bicyclic) bond motifs is 2. The second kappa shape index (κ2) is 7.74. The Morgan fingerprint density at radius 2 is 1.87 bits per heavy atom. The molecule has 1 amide bonds. The average molecular weight is 450 g/mol. The van der Waals surface area contributed by atoms with E-state index in [-0.39, 0.29) is 27.7 Å². The maximum atomic E-state index is 13.4. The Morgan fingerprint density at radius 3 is 2.45 bits per heavy atom. The summed E-state index contributed by atoms with van der Waals surface area (Å²) >= 11 is 0. The summed E-state index contributed by atoms with van der Waals surface area (Å²) in [7, 11) is -0.110. The zero-order valence-electron chi connectivity index (χ0n) is 19.3.